The maximum atomic E-state index is 12.4. The first-order valence-corrected chi connectivity index (χ1v) is 11.3. The molecule has 1 aromatic carbocycles. The third-order valence-corrected chi connectivity index (χ3v) is 5.83. The van der Waals surface area contributed by atoms with Crippen molar-refractivity contribution in [1.82, 2.24) is 9.80 Å². The van der Waals surface area contributed by atoms with Crippen molar-refractivity contribution in [3.63, 3.8) is 0 Å². The van der Waals surface area contributed by atoms with E-state index in [1.807, 2.05) is 30.3 Å². The van der Waals surface area contributed by atoms with E-state index in [4.69, 9.17) is 4.74 Å². The van der Waals surface area contributed by atoms with Crippen molar-refractivity contribution >= 4 is 34.1 Å². The predicted octanol–water partition coefficient (Wildman–Crippen LogP) is 5.21. The van der Waals surface area contributed by atoms with E-state index in [-0.39, 0.29) is 18.2 Å². The number of halogens is 2. The molecule has 0 bridgehead atoms. The zero-order valence-corrected chi connectivity index (χ0v) is 20.1. The van der Waals surface area contributed by atoms with Crippen molar-refractivity contribution < 1.29 is 9.53 Å². The summed E-state index contributed by atoms with van der Waals surface area (Å²) in [5, 5.41) is 0. The molecule has 1 saturated heterocycles. The Hall–Kier alpha value is -0.720. The van der Waals surface area contributed by atoms with E-state index in [9.17, 15) is 4.79 Å². The summed E-state index contributed by atoms with van der Waals surface area (Å²) in [7, 11) is 2.14. The fourth-order valence-electron chi connectivity index (χ4n) is 3.56. The number of ether oxygens (including phenoxy) is 1. The second kappa shape index (κ2) is 15.1. The van der Waals surface area contributed by atoms with E-state index in [1.54, 1.807) is 0 Å². The minimum atomic E-state index is 0. The summed E-state index contributed by atoms with van der Waals surface area (Å²) in [4.78, 5) is 16.9. The highest BCUT2D eigenvalue weighted by atomic mass is 79.9. The van der Waals surface area contributed by atoms with Gasteiger partial charge in [0, 0.05) is 36.3 Å². The summed E-state index contributed by atoms with van der Waals surface area (Å²) in [5.41, 5.74) is 0.789. The maximum Gasteiger partial charge on any atom is 0.176 e. The van der Waals surface area contributed by atoms with Crippen LogP contribution in [0.25, 0.3) is 0 Å². The molecule has 1 aliphatic heterocycles. The third kappa shape index (κ3) is 10.7. The van der Waals surface area contributed by atoms with Crippen molar-refractivity contribution in [3.05, 3.63) is 47.0 Å². The molecule has 1 aromatic rings. The molecule has 0 saturated carbocycles. The minimum absolute atomic E-state index is 0. The number of carbonyl (C=O) groups is 1. The van der Waals surface area contributed by atoms with Crippen LogP contribution in [-0.2, 0) is 4.74 Å². The average molecular weight is 488 g/mol. The number of benzene rings is 1. The number of rotatable bonds is 13. The summed E-state index contributed by atoms with van der Waals surface area (Å²) >= 11 is 3.41. The largest absolute Gasteiger partial charge is 0.378 e. The molecule has 4 nitrogen and oxygen atoms in total. The SMILES string of the molecule is C=CCN(C)CCCCCCOC1CCN(CC(=O)c2ccc(Br)cc2)CC1.Cl. The molecule has 0 unspecified atom stereocenters. The van der Waals surface area contributed by atoms with Gasteiger partial charge in [0.1, 0.15) is 0 Å². The molecule has 1 fully saturated rings. The topological polar surface area (TPSA) is 32.8 Å². The van der Waals surface area contributed by atoms with Gasteiger partial charge < -0.3 is 9.64 Å². The van der Waals surface area contributed by atoms with E-state index in [1.165, 1.54) is 19.3 Å². The highest BCUT2D eigenvalue weighted by Gasteiger charge is 2.21. The van der Waals surface area contributed by atoms with Gasteiger partial charge in [0.05, 0.1) is 12.6 Å². The molecule has 1 heterocycles. The van der Waals surface area contributed by atoms with Crippen LogP contribution in [0.5, 0.6) is 0 Å². The van der Waals surface area contributed by atoms with E-state index >= 15 is 0 Å². The number of likely N-dealkylation sites (N-methyl/N-ethyl adjacent to an activating group) is 1. The number of Topliss-reactive ketones (excluding diaryl/α,β-unsaturated/α-hetero) is 1. The van der Waals surface area contributed by atoms with Crippen molar-refractivity contribution in [2.45, 2.75) is 44.6 Å². The number of likely N-dealkylation sites (tertiary alicyclic amines) is 1. The molecule has 0 atom stereocenters. The monoisotopic (exact) mass is 486 g/mol. The molecule has 0 aromatic heterocycles. The molecule has 0 aliphatic carbocycles. The third-order valence-electron chi connectivity index (χ3n) is 5.30. The Morgan fingerprint density at radius 3 is 2.52 bits per heavy atom. The first-order valence-electron chi connectivity index (χ1n) is 10.5. The second-order valence-corrected chi connectivity index (χ2v) is 8.66. The minimum Gasteiger partial charge on any atom is -0.378 e. The number of carbonyl (C=O) groups excluding carboxylic acids is 1. The zero-order chi connectivity index (χ0) is 20.2. The normalized spacial score (nSPS) is 15.3. The summed E-state index contributed by atoms with van der Waals surface area (Å²) < 4.78 is 7.06. The highest BCUT2D eigenvalue weighted by molar-refractivity contribution is 9.10. The van der Waals surface area contributed by atoms with Gasteiger partial charge >= 0.3 is 0 Å². The Bertz CT molecular complexity index is 589. The second-order valence-electron chi connectivity index (χ2n) is 7.74. The number of hydrogen-bond acceptors (Lipinski definition) is 4. The van der Waals surface area contributed by atoms with Crippen LogP contribution in [0, 0.1) is 0 Å². The lowest BCUT2D eigenvalue weighted by Gasteiger charge is -2.31. The van der Waals surface area contributed by atoms with Crippen LogP contribution in [-0.4, -0.2) is 68.1 Å². The van der Waals surface area contributed by atoms with Crippen LogP contribution in [0.4, 0.5) is 0 Å². The highest BCUT2D eigenvalue weighted by Crippen LogP contribution is 2.16. The molecular formula is C23H36BrClN2O2. The molecule has 0 amide bonds. The fourth-order valence-corrected chi connectivity index (χ4v) is 3.83. The van der Waals surface area contributed by atoms with Crippen LogP contribution < -0.4 is 0 Å². The first-order chi connectivity index (χ1) is 13.6. The molecule has 164 valence electrons. The average Bonchev–Trinajstić information content (AvgIpc) is 2.69. The smallest absolute Gasteiger partial charge is 0.176 e. The molecule has 0 radical (unpaired) electrons. The molecular weight excluding hydrogens is 452 g/mol. The summed E-state index contributed by atoms with van der Waals surface area (Å²) in [6.07, 6.45) is 9.26. The van der Waals surface area contributed by atoms with Crippen LogP contribution in [0.15, 0.2) is 41.4 Å². The number of hydrogen-bond donors (Lipinski definition) is 0. The van der Waals surface area contributed by atoms with Crippen molar-refractivity contribution in [2.75, 3.05) is 46.4 Å². The standard InChI is InChI=1S/C23H35BrN2O2.ClH/c1-3-14-25(2)15-6-4-5-7-18-28-22-12-16-26(17-13-22)19-23(27)20-8-10-21(24)11-9-20;/h3,8-11,22H,1,4-7,12-19H2,2H3;1H. The van der Waals surface area contributed by atoms with Gasteiger partial charge in [0.15, 0.2) is 5.78 Å². The van der Waals surface area contributed by atoms with Gasteiger partial charge in [-0.05, 0) is 51.4 Å². The van der Waals surface area contributed by atoms with Crippen molar-refractivity contribution in [2.24, 2.45) is 0 Å². The number of piperidine rings is 1. The van der Waals surface area contributed by atoms with Crippen molar-refractivity contribution in [1.29, 1.82) is 0 Å². The molecule has 2 rings (SSSR count). The fraction of sp³-hybridized carbons (Fsp3) is 0.609. The van der Waals surface area contributed by atoms with Gasteiger partial charge in [-0.2, -0.15) is 0 Å². The Labute approximate surface area is 191 Å². The predicted molar refractivity (Wildman–Crippen MR) is 127 cm³/mol. The summed E-state index contributed by atoms with van der Waals surface area (Å²) in [5.74, 6) is 0.200. The number of unbranched alkanes of at least 4 members (excludes halogenated alkanes) is 3. The zero-order valence-electron chi connectivity index (χ0n) is 17.7. The van der Waals surface area contributed by atoms with Crippen LogP contribution in [0.1, 0.15) is 48.9 Å². The number of ketones is 1. The van der Waals surface area contributed by atoms with E-state index in [2.05, 4.69) is 39.4 Å². The quantitative estimate of drug-likeness (QED) is 0.217. The van der Waals surface area contributed by atoms with Crippen LogP contribution in [0.3, 0.4) is 0 Å². The van der Waals surface area contributed by atoms with Crippen LogP contribution in [0.2, 0.25) is 0 Å². The van der Waals surface area contributed by atoms with Gasteiger partial charge in [-0.3, -0.25) is 9.69 Å². The van der Waals surface area contributed by atoms with E-state index < -0.39 is 0 Å². The summed E-state index contributed by atoms with van der Waals surface area (Å²) in [6, 6.07) is 7.62. The van der Waals surface area contributed by atoms with Gasteiger partial charge in [-0.25, -0.2) is 0 Å². The lowest BCUT2D eigenvalue weighted by molar-refractivity contribution is 0.00649. The first kappa shape index (κ1) is 26.3. The molecule has 0 N–H and O–H groups in total. The Morgan fingerprint density at radius 1 is 1.21 bits per heavy atom. The molecule has 6 heteroatoms. The van der Waals surface area contributed by atoms with Crippen LogP contribution >= 0.6 is 28.3 Å². The lowest BCUT2D eigenvalue weighted by atomic mass is 10.1. The Morgan fingerprint density at radius 2 is 1.86 bits per heavy atom. The molecule has 1 aliphatic rings. The van der Waals surface area contributed by atoms with Gasteiger partial charge in [-0.15, -0.1) is 19.0 Å². The Kier molecular flexibility index (Phi) is 13.7. The summed E-state index contributed by atoms with van der Waals surface area (Å²) in [6.45, 7) is 9.15. The van der Waals surface area contributed by atoms with E-state index in [0.717, 1.165) is 62.1 Å². The van der Waals surface area contributed by atoms with Gasteiger partial charge in [0.25, 0.3) is 0 Å². The number of nitrogens with zero attached hydrogens (tertiary/aromatic N) is 2. The van der Waals surface area contributed by atoms with Crippen molar-refractivity contribution in [3.8, 4) is 0 Å². The van der Waals surface area contributed by atoms with Gasteiger partial charge in [-0.1, -0.05) is 47.0 Å². The van der Waals surface area contributed by atoms with Gasteiger partial charge in [0.2, 0.25) is 0 Å². The molecule has 29 heavy (non-hydrogen) atoms. The lowest BCUT2D eigenvalue weighted by Crippen LogP contribution is -2.40. The maximum absolute atomic E-state index is 12.4. The Balaban J connectivity index is 0.00000420. The molecule has 0 spiro atoms. The van der Waals surface area contributed by atoms with E-state index in [0.29, 0.717) is 12.6 Å².